The molecule has 0 saturated heterocycles. The first-order valence-electron chi connectivity index (χ1n) is 8.80. The lowest BCUT2D eigenvalue weighted by Gasteiger charge is -2.21. The molecule has 0 saturated carbocycles. The zero-order valence-electron chi connectivity index (χ0n) is 17.1. The minimum Gasteiger partial charge on any atom is -0.337 e. The van der Waals surface area contributed by atoms with Crippen molar-refractivity contribution in [1.82, 2.24) is 9.21 Å². The van der Waals surface area contributed by atoms with Crippen molar-refractivity contribution in [1.29, 1.82) is 0 Å². The molecule has 2 aromatic rings. The van der Waals surface area contributed by atoms with Crippen LogP contribution in [0.25, 0.3) is 0 Å². The van der Waals surface area contributed by atoms with Gasteiger partial charge in [-0.1, -0.05) is 23.8 Å². The number of benzene rings is 2. The summed E-state index contributed by atoms with van der Waals surface area (Å²) in [5.74, 6) is -0.201. The largest absolute Gasteiger partial charge is 0.337 e. The van der Waals surface area contributed by atoms with E-state index in [1.165, 1.54) is 30.0 Å². The average molecular weight is 389 g/mol. The predicted molar refractivity (Wildman–Crippen MR) is 109 cm³/mol. The van der Waals surface area contributed by atoms with E-state index in [-0.39, 0.29) is 10.8 Å². The van der Waals surface area contributed by atoms with Gasteiger partial charge in [-0.3, -0.25) is 4.79 Å². The minimum absolute atomic E-state index is 0.177. The van der Waals surface area contributed by atoms with Gasteiger partial charge in [0.2, 0.25) is 10.0 Å². The maximum atomic E-state index is 13.0. The zero-order valence-corrected chi connectivity index (χ0v) is 17.9. The molecule has 0 spiro atoms. The van der Waals surface area contributed by atoms with Crippen LogP contribution in [0.1, 0.15) is 38.2 Å². The Labute approximate surface area is 162 Å². The van der Waals surface area contributed by atoms with E-state index in [1.807, 2.05) is 32.9 Å². The van der Waals surface area contributed by atoms with Gasteiger partial charge in [-0.05, 0) is 62.1 Å². The monoisotopic (exact) mass is 388 g/mol. The first-order valence-corrected chi connectivity index (χ1v) is 10.2. The molecule has 0 aromatic heterocycles. The fraction of sp³-hybridized carbons (Fsp3) is 0.381. The van der Waals surface area contributed by atoms with E-state index in [4.69, 9.17) is 0 Å². The van der Waals surface area contributed by atoms with E-state index >= 15 is 0 Å². The molecule has 5 nitrogen and oxygen atoms in total. The SMILES string of the molecule is Cc1ccc(CN(C)C(=O)c2cc(C)c(C)c(S(=O)(=O)N(C)C)c2)c(C)c1. The van der Waals surface area contributed by atoms with Crippen molar-refractivity contribution in [2.45, 2.75) is 39.1 Å². The highest BCUT2D eigenvalue weighted by atomic mass is 32.2. The van der Waals surface area contributed by atoms with Crippen molar-refractivity contribution in [2.75, 3.05) is 21.1 Å². The van der Waals surface area contributed by atoms with Crippen molar-refractivity contribution in [3.63, 3.8) is 0 Å². The number of aryl methyl sites for hydroxylation is 3. The number of carbonyl (C=O) groups excluding carboxylic acids is 1. The van der Waals surface area contributed by atoms with Gasteiger partial charge >= 0.3 is 0 Å². The van der Waals surface area contributed by atoms with E-state index in [9.17, 15) is 13.2 Å². The van der Waals surface area contributed by atoms with Crippen LogP contribution in [0.15, 0.2) is 35.2 Å². The Balaban J connectivity index is 2.39. The van der Waals surface area contributed by atoms with Crippen molar-refractivity contribution < 1.29 is 13.2 Å². The number of amides is 1. The highest BCUT2D eigenvalue weighted by Gasteiger charge is 2.24. The summed E-state index contributed by atoms with van der Waals surface area (Å²) >= 11 is 0. The Morgan fingerprint density at radius 1 is 0.926 bits per heavy atom. The molecule has 0 fully saturated rings. The highest BCUT2D eigenvalue weighted by molar-refractivity contribution is 7.89. The van der Waals surface area contributed by atoms with Gasteiger partial charge in [0, 0.05) is 33.3 Å². The summed E-state index contributed by atoms with van der Waals surface area (Å²) in [7, 11) is 1.10. The molecule has 0 atom stereocenters. The summed E-state index contributed by atoms with van der Waals surface area (Å²) < 4.78 is 26.4. The zero-order chi connectivity index (χ0) is 20.5. The Morgan fingerprint density at radius 3 is 2.11 bits per heavy atom. The summed E-state index contributed by atoms with van der Waals surface area (Å²) in [6.45, 7) is 8.11. The van der Waals surface area contributed by atoms with Crippen LogP contribution < -0.4 is 0 Å². The molecule has 2 rings (SSSR count). The Bertz CT molecular complexity index is 979. The summed E-state index contributed by atoms with van der Waals surface area (Å²) in [5.41, 5.74) is 5.20. The van der Waals surface area contributed by atoms with E-state index in [1.54, 1.807) is 24.9 Å². The van der Waals surface area contributed by atoms with Crippen molar-refractivity contribution in [3.8, 4) is 0 Å². The van der Waals surface area contributed by atoms with Gasteiger partial charge in [0.1, 0.15) is 0 Å². The third-order valence-electron chi connectivity index (χ3n) is 4.88. The molecule has 0 unspecified atom stereocenters. The second-order valence-electron chi connectivity index (χ2n) is 7.29. The van der Waals surface area contributed by atoms with E-state index in [0.29, 0.717) is 17.7 Å². The molecular formula is C21H28N2O3S. The number of rotatable bonds is 5. The van der Waals surface area contributed by atoms with Crippen LogP contribution in [0.2, 0.25) is 0 Å². The average Bonchev–Trinajstić information content (AvgIpc) is 2.58. The van der Waals surface area contributed by atoms with Gasteiger partial charge in [0.05, 0.1) is 4.90 Å². The first-order chi connectivity index (χ1) is 12.4. The molecule has 0 N–H and O–H groups in total. The molecule has 0 aliphatic rings. The van der Waals surface area contributed by atoms with Gasteiger partial charge < -0.3 is 4.90 Å². The highest BCUT2D eigenvalue weighted by Crippen LogP contribution is 2.24. The van der Waals surface area contributed by atoms with Gasteiger partial charge in [-0.2, -0.15) is 0 Å². The van der Waals surface area contributed by atoms with E-state index in [2.05, 4.69) is 6.07 Å². The molecule has 146 valence electrons. The molecule has 0 heterocycles. The Kier molecular flexibility index (Phi) is 6.12. The number of nitrogens with zero attached hydrogens (tertiary/aromatic N) is 2. The van der Waals surface area contributed by atoms with E-state index < -0.39 is 10.0 Å². The van der Waals surface area contributed by atoms with Gasteiger partial charge in [0.25, 0.3) is 5.91 Å². The first kappa shape index (κ1) is 21.1. The second kappa shape index (κ2) is 7.82. The fourth-order valence-corrected chi connectivity index (χ4v) is 4.20. The van der Waals surface area contributed by atoms with Crippen molar-refractivity contribution in [2.24, 2.45) is 0 Å². The van der Waals surface area contributed by atoms with Crippen LogP contribution in [-0.4, -0.2) is 44.7 Å². The maximum absolute atomic E-state index is 13.0. The summed E-state index contributed by atoms with van der Waals surface area (Å²) in [6.07, 6.45) is 0. The van der Waals surface area contributed by atoms with Crippen LogP contribution in [0, 0.1) is 27.7 Å². The van der Waals surface area contributed by atoms with Gasteiger partial charge in [-0.15, -0.1) is 0 Å². The van der Waals surface area contributed by atoms with Crippen molar-refractivity contribution >= 4 is 15.9 Å². The predicted octanol–water partition coefficient (Wildman–Crippen LogP) is 3.44. The molecule has 27 heavy (non-hydrogen) atoms. The third kappa shape index (κ3) is 4.39. The van der Waals surface area contributed by atoms with Crippen LogP contribution in [0.5, 0.6) is 0 Å². The smallest absolute Gasteiger partial charge is 0.253 e. The lowest BCUT2D eigenvalue weighted by Crippen LogP contribution is -2.28. The number of hydrogen-bond donors (Lipinski definition) is 0. The van der Waals surface area contributed by atoms with Crippen molar-refractivity contribution in [3.05, 3.63) is 63.7 Å². The standard InChI is InChI=1S/C21H28N2O3S/c1-14-8-9-18(16(3)10-14)13-23(7)21(24)19-11-15(2)17(4)20(12-19)27(25,26)22(5)6/h8-12H,13H2,1-7H3. The third-order valence-corrected chi connectivity index (χ3v) is 6.82. The second-order valence-corrected chi connectivity index (χ2v) is 9.42. The lowest BCUT2D eigenvalue weighted by atomic mass is 10.0. The molecule has 2 aromatic carbocycles. The maximum Gasteiger partial charge on any atom is 0.253 e. The Morgan fingerprint density at radius 2 is 1.56 bits per heavy atom. The molecule has 0 bridgehead atoms. The molecule has 0 aliphatic heterocycles. The van der Waals surface area contributed by atoms with Gasteiger partial charge in [-0.25, -0.2) is 12.7 Å². The summed E-state index contributed by atoms with van der Waals surface area (Å²) in [6, 6.07) is 9.38. The van der Waals surface area contributed by atoms with Gasteiger partial charge in [0.15, 0.2) is 0 Å². The fourth-order valence-electron chi connectivity index (χ4n) is 2.99. The van der Waals surface area contributed by atoms with Crippen LogP contribution >= 0.6 is 0 Å². The lowest BCUT2D eigenvalue weighted by molar-refractivity contribution is 0.0784. The quantitative estimate of drug-likeness (QED) is 0.788. The summed E-state index contributed by atoms with van der Waals surface area (Å²) in [4.78, 5) is 14.8. The van der Waals surface area contributed by atoms with Crippen LogP contribution in [0.4, 0.5) is 0 Å². The van der Waals surface area contributed by atoms with Crippen LogP contribution in [-0.2, 0) is 16.6 Å². The number of carbonyl (C=O) groups is 1. The molecule has 0 radical (unpaired) electrons. The minimum atomic E-state index is -3.62. The molecule has 0 aliphatic carbocycles. The topological polar surface area (TPSA) is 57.7 Å². The molecular weight excluding hydrogens is 360 g/mol. The number of sulfonamides is 1. The molecule has 1 amide bonds. The van der Waals surface area contributed by atoms with E-state index in [0.717, 1.165) is 16.7 Å². The Hall–Kier alpha value is -2.18. The normalized spacial score (nSPS) is 11.7. The number of hydrogen-bond acceptors (Lipinski definition) is 3. The molecule has 6 heteroatoms. The summed E-state index contributed by atoms with van der Waals surface area (Å²) in [5, 5.41) is 0. The van der Waals surface area contributed by atoms with Crippen LogP contribution in [0.3, 0.4) is 0 Å².